The Balaban J connectivity index is 2.08. The summed E-state index contributed by atoms with van der Waals surface area (Å²) in [6.45, 7) is 3.43. The van der Waals surface area contributed by atoms with Gasteiger partial charge in [0.05, 0.1) is 5.92 Å². The quantitative estimate of drug-likeness (QED) is 0.853. The van der Waals surface area contributed by atoms with Crippen LogP contribution in [-0.4, -0.2) is 34.1 Å². The third kappa shape index (κ3) is 2.72. The number of carboxylic acid groups (broad SMARTS) is 1. The highest BCUT2D eigenvalue weighted by Crippen LogP contribution is 2.22. The zero-order valence-electron chi connectivity index (χ0n) is 9.96. The van der Waals surface area contributed by atoms with E-state index in [0.717, 1.165) is 30.9 Å². The first-order valence-electron chi connectivity index (χ1n) is 5.99. The molecule has 1 N–H and O–H groups in total. The molecule has 0 amide bonds. The molecule has 0 spiro atoms. The van der Waals surface area contributed by atoms with Gasteiger partial charge in [-0.2, -0.15) is 0 Å². The minimum absolute atomic E-state index is 0.264. The van der Waals surface area contributed by atoms with Crippen LogP contribution in [0, 0.1) is 5.92 Å². The average Bonchev–Trinajstić information content (AvgIpc) is 2.79. The normalized spacial score (nSPS) is 19.6. The summed E-state index contributed by atoms with van der Waals surface area (Å²) in [7, 11) is 0. The van der Waals surface area contributed by atoms with Gasteiger partial charge in [0.25, 0.3) is 0 Å². The zero-order valence-corrected chi connectivity index (χ0v) is 9.96. The number of aryl methyl sites for hydroxylation is 1. The van der Waals surface area contributed by atoms with Crippen molar-refractivity contribution in [2.24, 2.45) is 5.92 Å². The van der Waals surface area contributed by atoms with Gasteiger partial charge in [0, 0.05) is 24.8 Å². The van der Waals surface area contributed by atoms with E-state index in [1.54, 1.807) is 6.33 Å². The van der Waals surface area contributed by atoms with Crippen molar-refractivity contribution in [1.29, 1.82) is 0 Å². The molecule has 1 fully saturated rings. The number of aromatic nitrogens is 2. The second kappa shape index (κ2) is 5.12. The second-order valence-electron chi connectivity index (χ2n) is 4.39. The Morgan fingerprint density at radius 1 is 1.59 bits per heavy atom. The van der Waals surface area contributed by atoms with Crippen LogP contribution in [0.3, 0.4) is 0 Å². The molecule has 2 rings (SSSR count). The summed E-state index contributed by atoms with van der Waals surface area (Å²) in [5.41, 5.74) is 1.02. The Kier molecular flexibility index (Phi) is 3.56. The van der Waals surface area contributed by atoms with Crippen molar-refractivity contribution in [3.63, 3.8) is 0 Å². The van der Waals surface area contributed by atoms with E-state index in [-0.39, 0.29) is 5.92 Å². The van der Waals surface area contributed by atoms with Gasteiger partial charge in [-0.1, -0.05) is 13.3 Å². The standard InChI is InChI=1S/C12H17N3O2/c1-2-3-10-6-11(14-8-13-10)15-5-4-9(7-15)12(16)17/h6,8-9H,2-5,7H2,1H3,(H,16,17). The van der Waals surface area contributed by atoms with Crippen molar-refractivity contribution < 1.29 is 9.90 Å². The van der Waals surface area contributed by atoms with Crippen molar-refractivity contribution in [1.82, 2.24) is 9.97 Å². The molecule has 0 aromatic carbocycles. The van der Waals surface area contributed by atoms with E-state index in [2.05, 4.69) is 16.9 Å². The molecule has 0 saturated carbocycles. The summed E-state index contributed by atoms with van der Waals surface area (Å²) in [4.78, 5) is 21.3. The summed E-state index contributed by atoms with van der Waals surface area (Å²) in [6.07, 6.45) is 4.25. The topological polar surface area (TPSA) is 66.3 Å². The molecule has 1 saturated heterocycles. The first-order valence-corrected chi connectivity index (χ1v) is 5.99. The molecule has 1 aromatic rings. The summed E-state index contributed by atoms with van der Waals surface area (Å²) in [5, 5.41) is 8.96. The Bertz CT molecular complexity index is 408. The number of carbonyl (C=O) groups is 1. The summed E-state index contributed by atoms with van der Waals surface area (Å²) in [6, 6.07) is 1.97. The maximum atomic E-state index is 10.9. The lowest BCUT2D eigenvalue weighted by molar-refractivity contribution is -0.140. The van der Waals surface area contributed by atoms with E-state index in [0.29, 0.717) is 13.0 Å². The molecule has 1 aromatic heterocycles. The molecular formula is C12H17N3O2. The summed E-state index contributed by atoms with van der Waals surface area (Å²) >= 11 is 0. The van der Waals surface area contributed by atoms with Crippen molar-refractivity contribution >= 4 is 11.8 Å². The molecule has 1 aliphatic rings. The largest absolute Gasteiger partial charge is 0.481 e. The van der Waals surface area contributed by atoms with Gasteiger partial charge in [-0.15, -0.1) is 0 Å². The van der Waals surface area contributed by atoms with E-state index in [1.165, 1.54) is 0 Å². The van der Waals surface area contributed by atoms with Gasteiger partial charge in [0.1, 0.15) is 12.1 Å². The van der Waals surface area contributed by atoms with Gasteiger partial charge in [-0.05, 0) is 12.8 Å². The second-order valence-corrected chi connectivity index (χ2v) is 4.39. The summed E-state index contributed by atoms with van der Waals surface area (Å²) in [5.74, 6) is -0.123. The van der Waals surface area contributed by atoms with Crippen molar-refractivity contribution in [2.75, 3.05) is 18.0 Å². The van der Waals surface area contributed by atoms with Gasteiger partial charge in [0.15, 0.2) is 0 Å². The number of hydrogen-bond donors (Lipinski definition) is 1. The minimum atomic E-state index is -0.713. The predicted octanol–water partition coefficient (Wildman–Crippen LogP) is 1.34. The Morgan fingerprint density at radius 3 is 3.06 bits per heavy atom. The van der Waals surface area contributed by atoms with Crippen LogP contribution in [0.2, 0.25) is 0 Å². The molecule has 0 radical (unpaired) electrons. The van der Waals surface area contributed by atoms with E-state index in [4.69, 9.17) is 5.11 Å². The average molecular weight is 235 g/mol. The first-order chi connectivity index (χ1) is 8.20. The molecule has 1 atom stereocenters. The molecule has 0 aliphatic carbocycles. The van der Waals surface area contributed by atoms with Gasteiger partial charge in [0.2, 0.25) is 0 Å². The van der Waals surface area contributed by atoms with E-state index in [1.807, 2.05) is 11.0 Å². The fourth-order valence-corrected chi connectivity index (χ4v) is 2.12. The summed E-state index contributed by atoms with van der Waals surface area (Å²) < 4.78 is 0. The molecule has 5 nitrogen and oxygen atoms in total. The van der Waals surface area contributed by atoms with Crippen LogP contribution in [0.5, 0.6) is 0 Å². The predicted molar refractivity (Wildman–Crippen MR) is 64.0 cm³/mol. The molecule has 1 aliphatic heterocycles. The van der Waals surface area contributed by atoms with Gasteiger partial charge in [-0.3, -0.25) is 4.79 Å². The molecule has 17 heavy (non-hydrogen) atoms. The van der Waals surface area contributed by atoms with Crippen LogP contribution in [0.4, 0.5) is 5.82 Å². The van der Waals surface area contributed by atoms with Crippen molar-refractivity contribution in [3.8, 4) is 0 Å². The third-order valence-corrected chi connectivity index (χ3v) is 3.08. The Hall–Kier alpha value is -1.65. The van der Waals surface area contributed by atoms with Crippen LogP contribution in [-0.2, 0) is 11.2 Å². The lowest BCUT2D eigenvalue weighted by Gasteiger charge is -2.16. The lowest BCUT2D eigenvalue weighted by Crippen LogP contribution is -2.23. The number of aliphatic carboxylic acids is 1. The Morgan fingerprint density at radius 2 is 2.41 bits per heavy atom. The SMILES string of the molecule is CCCc1cc(N2CCC(C(=O)O)C2)ncn1. The number of rotatable bonds is 4. The van der Waals surface area contributed by atoms with Gasteiger partial charge >= 0.3 is 5.97 Å². The zero-order chi connectivity index (χ0) is 12.3. The minimum Gasteiger partial charge on any atom is -0.481 e. The Labute approximate surface area is 100 Å². The van der Waals surface area contributed by atoms with E-state index >= 15 is 0 Å². The third-order valence-electron chi connectivity index (χ3n) is 3.08. The van der Waals surface area contributed by atoms with Crippen LogP contribution >= 0.6 is 0 Å². The molecule has 2 heterocycles. The van der Waals surface area contributed by atoms with Crippen LogP contribution < -0.4 is 4.90 Å². The van der Waals surface area contributed by atoms with Crippen molar-refractivity contribution in [3.05, 3.63) is 18.1 Å². The van der Waals surface area contributed by atoms with Gasteiger partial charge < -0.3 is 10.0 Å². The molecule has 92 valence electrons. The fourth-order valence-electron chi connectivity index (χ4n) is 2.12. The number of nitrogens with zero attached hydrogens (tertiary/aromatic N) is 3. The maximum Gasteiger partial charge on any atom is 0.308 e. The maximum absolute atomic E-state index is 10.9. The smallest absolute Gasteiger partial charge is 0.308 e. The molecule has 1 unspecified atom stereocenters. The highest BCUT2D eigenvalue weighted by atomic mass is 16.4. The highest BCUT2D eigenvalue weighted by molar-refractivity contribution is 5.71. The monoisotopic (exact) mass is 235 g/mol. The van der Waals surface area contributed by atoms with E-state index < -0.39 is 5.97 Å². The number of anilines is 1. The van der Waals surface area contributed by atoms with Gasteiger partial charge in [-0.25, -0.2) is 9.97 Å². The first kappa shape index (κ1) is 11.8. The highest BCUT2D eigenvalue weighted by Gasteiger charge is 2.28. The fraction of sp³-hybridized carbons (Fsp3) is 0.583. The lowest BCUT2D eigenvalue weighted by atomic mass is 10.1. The van der Waals surface area contributed by atoms with Crippen molar-refractivity contribution in [2.45, 2.75) is 26.2 Å². The van der Waals surface area contributed by atoms with Crippen LogP contribution in [0.15, 0.2) is 12.4 Å². The number of carboxylic acids is 1. The molecule has 0 bridgehead atoms. The number of hydrogen-bond acceptors (Lipinski definition) is 4. The van der Waals surface area contributed by atoms with E-state index in [9.17, 15) is 4.79 Å². The molecular weight excluding hydrogens is 218 g/mol. The van der Waals surface area contributed by atoms with Crippen LogP contribution in [0.25, 0.3) is 0 Å². The van der Waals surface area contributed by atoms with Crippen LogP contribution in [0.1, 0.15) is 25.5 Å². The molecule has 5 heteroatoms.